The predicted molar refractivity (Wildman–Crippen MR) is 85.0 cm³/mol. The first-order valence-corrected chi connectivity index (χ1v) is 7.21. The van der Waals surface area contributed by atoms with Gasteiger partial charge in [0, 0.05) is 15.8 Å². The smallest absolute Gasteiger partial charge is 0.258 e. The first-order valence-electron chi connectivity index (χ1n) is 6.83. The maximum atomic E-state index is 11.8. The molecule has 112 valence electrons. The molecule has 1 aromatic heterocycles. The van der Waals surface area contributed by atoms with Gasteiger partial charge in [-0.05, 0) is 24.3 Å². The number of ether oxygens (including phenoxy) is 1. The van der Waals surface area contributed by atoms with Crippen LogP contribution in [0, 0.1) is 0 Å². The Morgan fingerprint density at radius 2 is 1.91 bits per heavy atom. The van der Waals surface area contributed by atoms with E-state index in [-0.39, 0.29) is 12.5 Å². The quantitative estimate of drug-likeness (QED) is 0.779. The number of rotatable bonds is 5. The fourth-order valence-electron chi connectivity index (χ4n) is 2.15. The Labute approximate surface area is 132 Å². The molecule has 1 amide bonds. The van der Waals surface area contributed by atoms with Crippen molar-refractivity contribution in [2.75, 3.05) is 6.61 Å². The van der Waals surface area contributed by atoms with E-state index in [0.717, 1.165) is 10.8 Å². The normalized spacial score (nSPS) is 10.6. The van der Waals surface area contributed by atoms with Crippen molar-refractivity contribution in [3.05, 3.63) is 65.6 Å². The fraction of sp³-hybridized carbons (Fsp3) is 0.118. The van der Waals surface area contributed by atoms with E-state index < -0.39 is 0 Å². The second kappa shape index (κ2) is 6.54. The van der Waals surface area contributed by atoms with E-state index in [1.165, 1.54) is 0 Å². The zero-order chi connectivity index (χ0) is 15.4. The van der Waals surface area contributed by atoms with Crippen molar-refractivity contribution >= 4 is 28.3 Å². The molecule has 4 nitrogen and oxygen atoms in total. The summed E-state index contributed by atoms with van der Waals surface area (Å²) in [6, 6.07) is 14.8. The van der Waals surface area contributed by atoms with Crippen LogP contribution >= 0.6 is 11.6 Å². The molecule has 22 heavy (non-hydrogen) atoms. The molecule has 5 heteroatoms. The lowest BCUT2D eigenvalue weighted by molar-refractivity contribution is -0.123. The molecule has 0 saturated carbocycles. The number of carbonyl (C=O) groups excluding carboxylic acids is 1. The maximum absolute atomic E-state index is 11.8. The number of hydrogen-bond donors (Lipinski definition) is 1. The number of carbonyl (C=O) groups is 1. The third kappa shape index (κ3) is 3.23. The highest BCUT2D eigenvalue weighted by atomic mass is 35.5. The van der Waals surface area contributed by atoms with Crippen LogP contribution in [0.4, 0.5) is 0 Å². The molecule has 0 fully saturated rings. The average molecular weight is 316 g/mol. The largest absolute Gasteiger partial charge is 0.483 e. The molecule has 1 N–H and O–H groups in total. The molecule has 0 atom stereocenters. The van der Waals surface area contributed by atoms with Crippen LogP contribution in [0.15, 0.2) is 59.2 Å². The van der Waals surface area contributed by atoms with Crippen LogP contribution in [0.25, 0.3) is 10.8 Å². The van der Waals surface area contributed by atoms with Gasteiger partial charge in [-0.25, -0.2) is 0 Å². The first-order chi connectivity index (χ1) is 10.7. The lowest BCUT2D eigenvalue weighted by atomic mass is 10.1. The Bertz CT molecular complexity index is 784. The number of nitrogens with one attached hydrogen (secondary N) is 1. The number of amides is 1. The molecule has 1 heterocycles. The van der Waals surface area contributed by atoms with Gasteiger partial charge in [0.25, 0.3) is 5.91 Å². The summed E-state index contributed by atoms with van der Waals surface area (Å²) in [6.07, 6.45) is 1.57. The van der Waals surface area contributed by atoms with Crippen molar-refractivity contribution in [3.8, 4) is 5.75 Å². The van der Waals surface area contributed by atoms with E-state index in [0.29, 0.717) is 23.1 Å². The second-order valence-corrected chi connectivity index (χ2v) is 5.14. The Balaban J connectivity index is 1.64. The van der Waals surface area contributed by atoms with Crippen molar-refractivity contribution in [3.63, 3.8) is 0 Å². The highest BCUT2D eigenvalue weighted by molar-refractivity contribution is 6.35. The Hall–Kier alpha value is -2.46. The molecule has 0 aliphatic carbocycles. The summed E-state index contributed by atoms with van der Waals surface area (Å²) in [4.78, 5) is 11.8. The van der Waals surface area contributed by atoms with Gasteiger partial charge in [-0.15, -0.1) is 0 Å². The zero-order valence-corrected chi connectivity index (χ0v) is 12.5. The lowest BCUT2D eigenvalue weighted by Crippen LogP contribution is -2.28. The van der Waals surface area contributed by atoms with Crippen LogP contribution in [0.2, 0.25) is 5.02 Å². The minimum atomic E-state index is -0.213. The first kappa shape index (κ1) is 14.5. The van der Waals surface area contributed by atoms with Crippen molar-refractivity contribution < 1.29 is 13.9 Å². The van der Waals surface area contributed by atoms with Crippen molar-refractivity contribution in [2.45, 2.75) is 6.54 Å². The Kier molecular flexibility index (Phi) is 4.30. The molecule has 0 radical (unpaired) electrons. The minimum absolute atomic E-state index is 0.0632. The van der Waals surface area contributed by atoms with Crippen LogP contribution in [-0.2, 0) is 11.3 Å². The van der Waals surface area contributed by atoms with Gasteiger partial charge >= 0.3 is 0 Å². The third-order valence-electron chi connectivity index (χ3n) is 3.23. The second-order valence-electron chi connectivity index (χ2n) is 4.74. The van der Waals surface area contributed by atoms with E-state index in [2.05, 4.69) is 5.32 Å². The predicted octanol–water partition coefficient (Wildman–Crippen LogP) is 3.78. The summed E-state index contributed by atoms with van der Waals surface area (Å²) in [5.41, 5.74) is 0. The van der Waals surface area contributed by atoms with E-state index >= 15 is 0 Å². The summed E-state index contributed by atoms with van der Waals surface area (Å²) >= 11 is 6.15. The maximum Gasteiger partial charge on any atom is 0.258 e. The molecule has 0 saturated heterocycles. The van der Waals surface area contributed by atoms with Crippen molar-refractivity contribution in [1.29, 1.82) is 0 Å². The van der Waals surface area contributed by atoms with E-state index in [4.69, 9.17) is 20.8 Å². The summed E-state index contributed by atoms with van der Waals surface area (Å²) in [5.74, 6) is 1.12. The molecular formula is C17H14ClNO3. The number of furan rings is 1. The van der Waals surface area contributed by atoms with Gasteiger partial charge in [0.1, 0.15) is 11.5 Å². The van der Waals surface area contributed by atoms with Gasteiger partial charge < -0.3 is 14.5 Å². The molecule has 3 aromatic rings. The summed E-state index contributed by atoms with van der Waals surface area (Å²) < 4.78 is 10.8. The number of fused-ring (bicyclic) bond motifs is 1. The molecular weight excluding hydrogens is 302 g/mol. The van der Waals surface area contributed by atoms with Gasteiger partial charge in [0.15, 0.2) is 6.61 Å². The van der Waals surface area contributed by atoms with Crippen molar-refractivity contribution in [2.24, 2.45) is 0 Å². The molecule has 0 bridgehead atoms. The molecule has 0 unspecified atom stereocenters. The van der Waals surface area contributed by atoms with Crippen molar-refractivity contribution in [1.82, 2.24) is 5.32 Å². The topological polar surface area (TPSA) is 51.5 Å². The average Bonchev–Trinajstić information content (AvgIpc) is 3.06. The molecule has 0 aliphatic rings. The monoisotopic (exact) mass is 315 g/mol. The summed E-state index contributed by atoms with van der Waals surface area (Å²) in [5, 5.41) is 5.17. The zero-order valence-electron chi connectivity index (χ0n) is 11.7. The van der Waals surface area contributed by atoms with Crippen LogP contribution < -0.4 is 10.1 Å². The van der Waals surface area contributed by atoms with Crippen LogP contribution in [-0.4, -0.2) is 12.5 Å². The third-order valence-corrected chi connectivity index (χ3v) is 3.56. The number of benzene rings is 2. The molecule has 2 aromatic carbocycles. The highest BCUT2D eigenvalue weighted by Gasteiger charge is 2.08. The molecule has 3 rings (SSSR count). The number of hydrogen-bond acceptors (Lipinski definition) is 3. The summed E-state index contributed by atoms with van der Waals surface area (Å²) in [7, 11) is 0. The van der Waals surface area contributed by atoms with Gasteiger partial charge in [-0.3, -0.25) is 4.79 Å². The van der Waals surface area contributed by atoms with Crippen LogP contribution in [0.3, 0.4) is 0 Å². The number of halogens is 1. The highest BCUT2D eigenvalue weighted by Crippen LogP contribution is 2.31. The molecule has 0 spiro atoms. The van der Waals surface area contributed by atoms with Crippen LogP contribution in [0.5, 0.6) is 5.75 Å². The standard InChI is InChI=1S/C17H14ClNO3/c18-15-7-8-16(14-6-2-1-5-13(14)15)22-11-17(20)19-10-12-4-3-9-21-12/h1-9H,10-11H2,(H,19,20). The Morgan fingerprint density at radius 1 is 1.09 bits per heavy atom. The fourth-order valence-corrected chi connectivity index (χ4v) is 2.38. The summed E-state index contributed by atoms with van der Waals surface area (Å²) in [6.45, 7) is 0.281. The van der Waals surface area contributed by atoms with Gasteiger partial charge in [0.2, 0.25) is 0 Å². The van der Waals surface area contributed by atoms with E-state index in [9.17, 15) is 4.79 Å². The Morgan fingerprint density at radius 3 is 2.68 bits per heavy atom. The lowest BCUT2D eigenvalue weighted by Gasteiger charge is -2.10. The minimum Gasteiger partial charge on any atom is -0.483 e. The SMILES string of the molecule is O=C(COc1ccc(Cl)c2ccccc12)NCc1ccco1. The van der Waals surface area contributed by atoms with Gasteiger partial charge in [-0.1, -0.05) is 35.9 Å². The van der Waals surface area contributed by atoms with E-state index in [1.54, 1.807) is 30.5 Å². The van der Waals surface area contributed by atoms with Gasteiger partial charge in [-0.2, -0.15) is 0 Å². The molecule has 0 aliphatic heterocycles. The van der Waals surface area contributed by atoms with Gasteiger partial charge in [0.05, 0.1) is 12.8 Å². The van der Waals surface area contributed by atoms with E-state index in [1.807, 2.05) is 24.3 Å². The van der Waals surface area contributed by atoms with Crippen LogP contribution in [0.1, 0.15) is 5.76 Å².